The fourth-order valence-corrected chi connectivity index (χ4v) is 6.56. The highest BCUT2D eigenvalue weighted by Gasteiger charge is 2.48. The molecule has 1 amide bonds. The Morgan fingerprint density at radius 1 is 1.24 bits per heavy atom. The third-order valence-electron chi connectivity index (χ3n) is 6.30. The number of hydrogen-bond acceptors (Lipinski definition) is 6. The Morgan fingerprint density at radius 3 is 2.79 bits per heavy atom. The number of aromatic nitrogens is 2. The molecular weight excluding hydrogens is 442 g/mol. The van der Waals surface area contributed by atoms with Crippen molar-refractivity contribution in [2.45, 2.75) is 32.4 Å². The van der Waals surface area contributed by atoms with Crippen LogP contribution in [0.4, 0.5) is 0 Å². The minimum Gasteiger partial charge on any atom is -0.507 e. The standard InChI is InChI=1S/C24H25N3O5S/c1-3-32-17-6-4-5-15(12-17)23-20-21(18-11-14(2)7-8-19(18)28)25-26-22(20)24(29)27(23)16-9-10-33(30,31)13-16/h4-8,11-12,16,23,28H,3,9-10,13H2,1-2H3,(H,25,26). The Bertz CT molecular complexity index is 1350. The highest BCUT2D eigenvalue weighted by Crippen LogP contribution is 2.47. The average Bonchev–Trinajstić information content (AvgIpc) is 3.43. The Labute approximate surface area is 192 Å². The number of nitrogens with zero attached hydrogens (tertiary/aromatic N) is 2. The van der Waals surface area contributed by atoms with Gasteiger partial charge in [-0.1, -0.05) is 23.8 Å². The van der Waals surface area contributed by atoms with Crippen LogP contribution in [0.5, 0.6) is 11.5 Å². The zero-order valence-electron chi connectivity index (χ0n) is 18.4. The van der Waals surface area contributed by atoms with Gasteiger partial charge in [-0.3, -0.25) is 9.89 Å². The number of ether oxygens (including phenoxy) is 1. The second-order valence-corrected chi connectivity index (χ2v) is 10.8. The van der Waals surface area contributed by atoms with Crippen LogP contribution in [0.2, 0.25) is 0 Å². The number of carbonyl (C=O) groups excluding carboxylic acids is 1. The summed E-state index contributed by atoms with van der Waals surface area (Å²) < 4.78 is 30.2. The highest BCUT2D eigenvalue weighted by molar-refractivity contribution is 7.91. The smallest absolute Gasteiger partial charge is 0.273 e. The summed E-state index contributed by atoms with van der Waals surface area (Å²) in [6.07, 6.45) is 0.387. The molecule has 3 heterocycles. The van der Waals surface area contributed by atoms with Gasteiger partial charge in [-0.05, 0) is 50.1 Å². The lowest BCUT2D eigenvalue weighted by molar-refractivity contribution is 0.0677. The van der Waals surface area contributed by atoms with Crippen molar-refractivity contribution < 1.29 is 23.1 Å². The number of fused-ring (bicyclic) bond motifs is 1. The SMILES string of the molecule is CCOc1cccc(C2c3c(-c4cc(C)ccc4O)n[nH]c3C(=O)N2C2CCS(=O)(=O)C2)c1. The van der Waals surface area contributed by atoms with Gasteiger partial charge in [0.1, 0.15) is 22.9 Å². The molecule has 172 valence electrons. The third-order valence-corrected chi connectivity index (χ3v) is 8.05. The molecule has 3 aromatic rings. The monoisotopic (exact) mass is 467 g/mol. The van der Waals surface area contributed by atoms with Gasteiger partial charge in [-0.15, -0.1) is 0 Å². The van der Waals surface area contributed by atoms with Crippen LogP contribution < -0.4 is 4.74 Å². The molecule has 0 radical (unpaired) electrons. The van der Waals surface area contributed by atoms with Gasteiger partial charge in [-0.2, -0.15) is 5.10 Å². The molecule has 0 saturated carbocycles. The molecule has 2 aromatic carbocycles. The second kappa shape index (κ2) is 7.91. The maximum absolute atomic E-state index is 13.6. The lowest BCUT2D eigenvalue weighted by Gasteiger charge is -2.31. The van der Waals surface area contributed by atoms with Crippen LogP contribution in [0.3, 0.4) is 0 Å². The van der Waals surface area contributed by atoms with E-state index >= 15 is 0 Å². The molecule has 0 spiro atoms. The number of aromatic hydroxyl groups is 1. The quantitative estimate of drug-likeness (QED) is 0.596. The molecule has 1 saturated heterocycles. The first kappa shape index (κ1) is 21.5. The molecule has 2 N–H and O–H groups in total. The summed E-state index contributed by atoms with van der Waals surface area (Å²) >= 11 is 0. The summed E-state index contributed by atoms with van der Waals surface area (Å²) in [7, 11) is -3.21. The number of aryl methyl sites for hydroxylation is 1. The molecule has 5 rings (SSSR count). The zero-order chi connectivity index (χ0) is 23.3. The summed E-state index contributed by atoms with van der Waals surface area (Å²) in [5.41, 5.74) is 3.70. The molecule has 0 aliphatic carbocycles. The molecule has 2 unspecified atom stereocenters. The Morgan fingerprint density at radius 2 is 2.06 bits per heavy atom. The second-order valence-electron chi connectivity index (χ2n) is 8.56. The number of benzene rings is 2. The van der Waals surface area contributed by atoms with E-state index in [1.807, 2.05) is 44.2 Å². The maximum Gasteiger partial charge on any atom is 0.273 e. The maximum atomic E-state index is 13.6. The molecule has 33 heavy (non-hydrogen) atoms. The highest BCUT2D eigenvalue weighted by atomic mass is 32.2. The Kier molecular flexibility index (Phi) is 5.16. The fraction of sp³-hybridized carbons (Fsp3) is 0.333. The number of sulfone groups is 1. The number of rotatable bonds is 5. The first-order valence-electron chi connectivity index (χ1n) is 10.9. The topological polar surface area (TPSA) is 113 Å². The van der Waals surface area contributed by atoms with Crippen molar-refractivity contribution in [2.75, 3.05) is 18.1 Å². The molecular formula is C24H25N3O5S. The normalized spacial score (nSPS) is 21.4. The van der Waals surface area contributed by atoms with Gasteiger partial charge < -0.3 is 14.7 Å². The molecule has 1 fully saturated rings. The number of phenolic OH excluding ortho intramolecular Hbond substituents is 1. The van der Waals surface area contributed by atoms with Gasteiger partial charge in [0.2, 0.25) is 0 Å². The number of carbonyl (C=O) groups is 1. The van der Waals surface area contributed by atoms with Crippen molar-refractivity contribution in [1.29, 1.82) is 0 Å². The first-order valence-corrected chi connectivity index (χ1v) is 12.8. The molecule has 2 atom stereocenters. The Hall–Kier alpha value is -3.33. The van der Waals surface area contributed by atoms with Crippen LogP contribution >= 0.6 is 0 Å². The zero-order valence-corrected chi connectivity index (χ0v) is 19.2. The molecule has 2 aliphatic heterocycles. The van der Waals surface area contributed by atoms with Crippen LogP contribution in [0.1, 0.15) is 46.6 Å². The molecule has 8 nitrogen and oxygen atoms in total. The van der Waals surface area contributed by atoms with Crippen LogP contribution in [0, 0.1) is 6.92 Å². The summed E-state index contributed by atoms with van der Waals surface area (Å²) in [5, 5.41) is 17.8. The van der Waals surface area contributed by atoms with Gasteiger partial charge in [0, 0.05) is 17.2 Å². The molecule has 1 aromatic heterocycles. The van der Waals surface area contributed by atoms with Gasteiger partial charge >= 0.3 is 0 Å². The van der Waals surface area contributed by atoms with E-state index in [0.717, 1.165) is 11.1 Å². The number of aromatic amines is 1. The van der Waals surface area contributed by atoms with E-state index in [2.05, 4.69) is 10.2 Å². The molecule has 0 bridgehead atoms. The van der Waals surface area contributed by atoms with E-state index in [1.54, 1.807) is 17.0 Å². The van der Waals surface area contributed by atoms with Crippen molar-refractivity contribution in [2.24, 2.45) is 0 Å². The van der Waals surface area contributed by atoms with Crippen LogP contribution in [-0.4, -0.2) is 58.7 Å². The van der Waals surface area contributed by atoms with E-state index < -0.39 is 21.9 Å². The van der Waals surface area contributed by atoms with E-state index in [9.17, 15) is 18.3 Å². The minimum atomic E-state index is -3.21. The lowest BCUT2D eigenvalue weighted by atomic mass is 9.94. The summed E-state index contributed by atoms with van der Waals surface area (Å²) in [6, 6.07) is 11.7. The van der Waals surface area contributed by atoms with Gasteiger partial charge in [-0.25, -0.2) is 8.42 Å². The summed E-state index contributed by atoms with van der Waals surface area (Å²) in [5.74, 6) is 0.433. The van der Waals surface area contributed by atoms with Gasteiger partial charge in [0.05, 0.1) is 24.2 Å². The summed E-state index contributed by atoms with van der Waals surface area (Å²) in [6.45, 7) is 4.31. The van der Waals surface area contributed by atoms with E-state index in [0.29, 0.717) is 41.3 Å². The van der Waals surface area contributed by atoms with Crippen molar-refractivity contribution in [3.8, 4) is 22.8 Å². The largest absolute Gasteiger partial charge is 0.507 e. The molecule has 9 heteroatoms. The summed E-state index contributed by atoms with van der Waals surface area (Å²) in [4.78, 5) is 15.2. The van der Waals surface area contributed by atoms with E-state index in [-0.39, 0.29) is 23.2 Å². The first-order chi connectivity index (χ1) is 15.8. The number of amides is 1. The van der Waals surface area contributed by atoms with Crippen molar-refractivity contribution in [3.05, 3.63) is 64.8 Å². The van der Waals surface area contributed by atoms with E-state index in [4.69, 9.17) is 4.74 Å². The van der Waals surface area contributed by atoms with Crippen molar-refractivity contribution >= 4 is 15.7 Å². The minimum absolute atomic E-state index is 0.0604. The van der Waals surface area contributed by atoms with Gasteiger partial charge in [0.25, 0.3) is 5.91 Å². The van der Waals surface area contributed by atoms with Crippen molar-refractivity contribution in [3.63, 3.8) is 0 Å². The van der Waals surface area contributed by atoms with Crippen molar-refractivity contribution in [1.82, 2.24) is 15.1 Å². The molecule has 2 aliphatic rings. The third kappa shape index (κ3) is 3.66. The predicted molar refractivity (Wildman–Crippen MR) is 123 cm³/mol. The Balaban J connectivity index is 1.70. The van der Waals surface area contributed by atoms with Crippen LogP contribution in [0.15, 0.2) is 42.5 Å². The number of nitrogens with one attached hydrogen (secondary N) is 1. The average molecular weight is 468 g/mol. The fourth-order valence-electron chi connectivity index (χ4n) is 4.85. The lowest BCUT2D eigenvalue weighted by Crippen LogP contribution is -2.40. The van der Waals surface area contributed by atoms with Gasteiger partial charge in [0.15, 0.2) is 9.84 Å². The predicted octanol–water partition coefficient (Wildman–Crippen LogP) is 3.22. The van der Waals surface area contributed by atoms with Crippen LogP contribution in [-0.2, 0) is 9.84 Å². The van der Waals surface area contributed by atoms with E-state index in [1.165, 1.54) is 0 Å². The number of H-pyrrole nitrogens is 1. The number of hydrogen-bond donors (Lipinski definition) is 2. The number of phenols is 1. The van der Waals surface area contributed by atoms with Crippen LogP contribution in [0.25, 0.3) is 11.3 Å².